The summed E-state index contributed by atoms with van der Waals surface area (Å²) in [7, 11) is -3.38. The Balaban J connectivity index is 1.26. The van der Waals surface area contributed by atoms with Crippen LogP contribution in [0, 0.1) is 5.92 Å². The molecule has 0 saturated carbocycles. The summed E-state index contributed by atoms with van der Waals surface area (Å²) in [5.41, 5.74) is 1.41. The van der Waals surface area contributed by atoms with E-state index in [1.807, 2.05) is 12.4 Å². The molecule has 0 unspecified atom stereocenters. The highest BCUT2D eigenvalue weighted by molar-refractivity contribution is 9.10. The lowest BCUT2D eigenvalue weighted by atomic mass is 9.89. The molecule has 4 rings (SSSR count). The van der Waals surface area contributed by atoms with Crippen molar-refractivity contribution in [3.63, 3.8) is 0 Å². The Kier molecular flexibility index (Phi) is 6.69. The molecule has 5 nitrogen and oxygen atoms in total. The molecule has 29 heavy (non-hydrogen) atoms. The first-order valence-corrected chi connectivity index (χ1v) is 12.6. The van der Waals surface area contributed by atoms with Crippen LogP contribution in [-0.2, 0) is 10.0 Å². The number of sulfonamides is 1. The lowest BCUT2D eigenvalue weighted by molar-refractivity contribution is 0.153. The molecule has 156 valence electrons. The van der Waals surface area contributed by atoms with Crippen LogP contribution < -0.4 is 0 Å². The molecule has 2 saturated heterocycles. The molecule has 0 N–H and O–H groups in total. The third-order valence-electron chi connectivity index (χ3n) is 6.31. The first-order valence-electron chi connectivity index (χ1n) is 10.4. The minimum atomic E-state index is -3.38. The maximum atomic E-state index is 12.9. The Morgan fingerprint density at radius 3 is 2.14 bits per heavy atom. The number of hydrogen-bond donors (Lipinski definition) is 0. The molecule has 0 atom stereocenters. The number of likely N-dealkylation sites (tertiary alicyclic amines) is 1. The van der Waals surface area contributed by atoms with Gasteiger partial charge in [0.1, 0.15) is 0 Å². The standard InChI is InChI=1S/C22H28BrN3O2S/c23-21-1-3-22(4-2-21)29(27,28)26-15-7-18(8-16-26)17-25-13-9-20(10-14-25)19-5-11-24-12-6-19/h1-6,11-12,18,20H,7-10,13-17H2. The highest BCUT2D eigenvalue weighted by Gasteiger charge is 2.31. The van der Waals surface area contributed by atoms with Gasteiger partial charge in [0.05, 0.1) is 4.90 Å². The normalized spacial score (nSPS) is 20.7. The zero-order valence-electron chi connectivity index (χ0n) is 16.6. The molecular weight excluding hydrogens is 450 g/mol. The van der Waals surface area contributed by atoms with Crippen LogP contribution in [0.3, 0.4) is 0 Å². The van der Waals surface area contributed by atoms with Gasteiger partial charge in [-0.05, 0) is 92.6 Å². The Morgan fingerprint density at radius 2 is 1.52 bits per heavy atom. The van der Waals surface area contributed by atoms with E-state index in [1.165, 1.54) is 18.4 Å². The molecule has 0 spiro atoms. The highest BCUT2D eigenvalue weighted by atomic mass is 79.9. The van der Waals surface area contributed by atoms with Gasteiger partial charge in [-0.25, -0.2) is 8.42 Å². The molecule has 3 heterocycles. The smallest absolute Gasteiger partial charge is 0.243 e. The van der Waals surface area contributed by atoms with Crippen molar-refractivity contribution in [2.45, 2.75) is 36.5 Å². The molecule has 1 aromatic heterocycles. The first kappa shape index (κ1) is 21.0. The fourth-order valence-corrected chi connectivity index (χ4v) is 6.27. The number of nitrogens with zero attached hydrogens (tertiary/aromatic N) is 3. The van der Waals surface area contributed by atoms with Crippen molar-refractivity contribution in [3.05, 3.63) is 58.8 Å². The van der Waals surface area contributed by atoms with Crippen LogP contribution in [0.15, 0.2) is 58.2 Å². The largest absolute Gasteiger partial charge is 0.303 e. The summed E-state index contributed by atoms with van der Waals surface area (Å²) in [4.78, 5) is 7.08. The molecule has 0 radical (unpaired) electrons. The van der Waals surface area contributed by atoms with Gasteiger partial charge >= 0.3 is 0 Å². The number of pyridine rings is 1. The van der Waals surface area contributed by atoms with E-state index in [0.717, 1.165) is 36.9 Å². The quantitative estimate of drug-likeness (QED) is 0.649. The second-order valence-electron chi connectivity index (χ2n) is 8.16. The van der Waals surface area contributed by atoms with Crippen molar-refractivity contribution in [2.24, 2.45) is 5.92 Å². The Bertz CT molecular complexity index is 889. The summed E-state index contributed by atoms with van der Waals surface area (Å²) < 4.78 is 28.3. The van der Waals surface area contributed by atoms with Crippen LogP contribution in [0.2, 0.25) is 0 Å². The average molecular weight is 478 g/mol. The van der Waals surface area contributed by atoms with Gasteiger partial charge < -0.3 is 4.90 Å². The number of rotatable bonds is 5. The molecule has 0 bridgehead atoms. The topological polar surface area (TPSA) is 53.5 Å². The molecular formula is C22H28BrN3O2S. The van der Waals surface area contributed by atoms with E-state index >= 15 is 0 Å². The van der Waals surface area contributed by atoms with Gasteiger partial charge in [-0.2, -0.15) is 4.31 Å². The lowest BCUT2D eigenvalue weighted by Gasteiger charge is -2.37. The number of aromatic nitrogens is 1. The monoisotopic (exact) mass is 477 g/mol. The van der Waals surface area contributed by atoms with Crippen LogP contribution in [0.25, 0.3) is 0 Å². The van der Waals surface area contributed by atoms with Gasteiger partial charge in [-0.3, -0.25) is 4.98 Å². The molecule has 2 aliphatic rings. The van der Waals surface area contributed by atoms with E-state index in [1.54, 1.807) is 28.6 Å². The summed E-state index contributed by atoms with van der Waals surface area (Å²) >= 11 is 3.36. The minimum Gasteiger partial charge on any atom is -0.303 e. The zero-order valence-corrected chi connectivity index (χ0v) is 19.0. The number of benzene rings is 1. The van der Waals surface area contributed by atoms with E-state index in [4.69, 9.17) is 0 Å². The van der Waals surface area contributed by atoms with Gasteiger partial charge in [-0.15, -0.1) is 0 Å². The number of piperidine rings is 2. The van der Waals surface area contributed by atoms with Crippen molar-refractivity contribution < 1.29 is 8.42 Å². The van der Waals surface area contributed by atoms with E-state index in [2.05, 4.69) is 37.9 Å². The zero-order chi connectivity index (χ0) is 20.3. The van der Waals surface area contributed by atoms with Crippen LogP contribution in [-0.4, -0.2) is 55.3 Å². The van der Waals surface area contributed by atoms with Crippen molar-refractivity contribution in [1.82, 2.24) is 14.2 Å². The van der Waals surface area contributed by atoms with Crippen LogP contribution in [0.5, 0.6) is 0 Å². The second-order valence-corrected chi connectivity index (χ2v) is 11.0. The molecule has 0 amide bonds. The van der Waals surface area contributed by atoms with Crippen molar-refractivity contribution in [3.8, 4) is 0 Å². The molecule has 7 heteroatoms. The molecule has 2 fully saturated rings. The average Bonchev–Trinajstić information content (AvgIpc) is 2.76. The van der Waals surface area contributed by atoms with E-state index < -0.39 is 10.0 Å². The van der Waals surface area contributed by atoms with Crippen molar-refractivity contribution >= 4 is 26.0 Å². The first-order chi connectivity index (χ1) is 14.0. The third-order valence-corrected chi connectivity index (χ3v) is 8.75. The Labute approximate surface area is 182 Å². The summed E-state index contributed by atoms with van der Waals surface area (Å²) in [6.45, 7) is 4.59. The molecule has 1 aromatic carbocycles. The maximum Gasteiger partial charge on any atom is 0.243 e. The van der Waals surface area contributed by atoms with Crippen molar-refractivity contribution in [2.75, 3.05) is 32.7 Å². The SMILES string of the molecule is O=S(=O)(c1ccc(Br)cc1)N1CCC(CN2CCC(c3ccncc3)CC2)CC1. The van der Waals surface area contributed by atoms with Gasteiger partial charge in [0, 0.05) is 36.5 Å². The second kappa shape index (κ2) is 9.25. The maximum absolute atomic E-state index is 12.9. The lowest BCUT2D eigenvalue weighted by Crippen LogP contribution is -2.43. The Hall–Kier alpha value is -1.28. The predicted molar refractivity (Wildman–Crippen MR) is 118 cm³/mol. The van der Waals surface area contributed by atoms with Gasteiger partial charge in [0.2, 0.25) is 10.0 Å². The molecule has 0 aliphatic carbocycles. The van der Waals surface area contributed by atoms with Crippen LogP contribution >= 0.6 is 15.9 Å². The van der Waals surface area contributed by atoms with Crippen LogP contribution in [0.1, 0.15) is 37.2 Å². The predicted octanol–water partition coefficient (Wildman–Crippen LogP) is 4.12. The molecule has 2 aliphatic heterocycles. The summed E-state index contributed by atoms with van der Waals surface area (Å²) in [6.07, 6.45) is 8.05. The summed E-state index contributed by atoms with van der Waals surface area (Å²) in [6, 6.07) is 11.2. The number of halogens is 1. The fraction of sp³-hybridized carbons (Fsp3) is 0.500. The fourth-order valence-electron chi connectivity index (χ4n) is 4.54. The Morgan fingerprint density at radius 1 is 0.897 bits per heavy atom. The van der Waals surface area contributed by atoms with Crippen LogP contribution in [0.4, 0.5) is 0 Å². The van der Waals surface area contributed by atoms with Gasteiger partial charge in [0.15, 0.2) is 0 Å². The van der Waals surface area contributed by atoms with E-state index in [9.17, 15) is 8.42 Å². The molecule has 2 aromatic rings. The van der Waals surface area contributed by atoms with E-state index in [0.29, 0.717) is 29.8 Å². The highest BCUT2D eigenvalue weighted by Crippen LogP contribution is 2.30. The summed E-state index contributed by atoms with van der Waals surface area (Å²) in [5, 5.41) is 0. The third kappa shape index (κ3) is 5.08. The van der Waals surface area contributed by atoms with Gasteiger partial charge in [-0.1, -0.05) is 15.9 Å². The minimum absolute atomic E-state index is 0.386. The van der Waals surface area contributed by atoms with E-state index in [-0.39, 0.29) is 0 Å². The van der Waals surface area contributed by atoms with Crippen molar-refractivity contribution in [1.29, 1.82) is 0 Å². The summed E-state index contributed by atoms with van der Waals surface area (Å²) in [5.74, 6) is 1.23. The van der Waals surface area contributed by atoms with Gasteiger partial charge in [0.25, 0.3) is 0 Å². The number of hydrogen-bond acceptors (Lipinski definition) is 4.